The van der Waals surface area contributed by atoms with Crippen molar-refractivity contribution in [1.82, 2.24) is 9.80 Å². The number of thiophene rings is 1. The fourth-order valence-corrected chi connectivity index (χ4v) is 3.75. The van der Waals surface area contributed by atoms with Gasteiger partial charge in [-0.15, -0.1) is 0 Å². The van der Waals surface area contributed by atoms with Crippen molar-refractivity contribution in [3.8, 4) is 0 Å². The third-order valence-electron chi connectivity index (χ3n) is 4.55. The third kappa shape index (κ3) is 4.66. The highest BCUT2D eigenvalue weighted by Gasteiger charge is 2.22. The van der Waals surface area contributed by atoms with Crippen molar-refractivity contribution in [2.75, 3.05) is 32.7 Å². The molecule has 1 N–H and O–H groups in total. The molecule has 0 radical (unpaired) electrons. The van der Waals surface area contributed by atoms with Gasteiger partial charge in [-0.1, -0.05) is 30.3 Å². The van der Waals surface area contributed by atoms with Crippen molar-refractivity contribution in [1.29, 1.82) is 0 Å². The Kier molecular flexibility index (Phi) is 6.01. The van der Waals surface area contributed by atoms with Crippen LogP contribution in [0.25, 0.3) is 0 Å². The molecule has 2 heterocycles. The molecule has 0 unspecified atom stereocenters. The molecule has 0 spiro atoms. The molecular formula is C19H24N2O2S. The molecule has 2 aromatic rings. The van der Waals surface area contributed by atoms with Crippen LogP contribution in [0.4, 0.5) is 0 Å². The Morgan fingerprint density at radius 3 is 2.54 bits per heavy atom. The summed E-state index contributed by atoms with van der Waals surface area (Å²) in [5, 5.41) is 14.5. The molecule has 0 aliphatic carbocycles. The second-order valence-electron chi connectivity index (χ2n) is 6.24. The summed E-state index contributed by atoms with van der Waals surface area (Å²) in [5.41, 5.74) is 2.20. The molecule has 5 heteroatoms. The van der Waals surface area contributed by atoms with Crippen molar-refractivity contribution in [3.63, 3.8) is 0 Å². The first-order chi connectivity index (χ1) is 11.7. The minimum Gasteiger partial charge on any atom is -0.387 e. The average molecular weight is 344 g/mol. The van der Waals surface area contributed by atoms with Crippen molar-refractivity contribution in [2.24, 2.45) is 0 Å². The quantitative estimate of drug-likeness (QED) is 0.876. The zero-order chi connectivity index (χ0) is 16.8. The first-order valence-corrected chi connectivity index (χ1v) is 9.41. The molecule has 1 aliphatic rings. The summed E-state index contributed by atoms with van der Waals surface area (Å²) in [6, 6.07) is 11.8. The molecule has 1 amide bonds. The predicted octanol–water partition coefficient (Wildman–Crippen LogP) is 2.56. The number of β-amino-alcohol motifs (C(OH)–C–C–N with tert-alkyl or cyclic N) is 1. The molecule has 128 valence electrons. The van der Waals surface area contributed by atoms with Gasteiger partial charge in [0, 0.05) is 39.1 Å². The van der Waals surface area contributed by atoms with E-state index in [1.165, 1.54) is 5.56 Å². The van der Waals surface area contributed by atoms with Gasteiger partial charge in [0.2, 0.25) is 5.91 Å². The Morgan fingerprint density at radius 2 is 1.88 bits per heavy atom. The lowest BCUT2D eigenvalue weighted by atomic mass is 10.1. The van der Waals surface area contributed by atoms with E-state index in [1.54, 1.807) is 11.3 Å². The summed E-state index contributed by atoms with van der Waals surface area (Å²) in [4.78, 5) is 16.5. The van der Waals surface area contributed by atoms with Gasteiger partial charge < -0.3 is 10.0 Å². The van der Waals surface area contributed by atoms with Crippen LogP contribution in [0.1, 0.15) is 23.7 Å². The summed E-state index contributed by atoms with van der Waals surface area (Å²) in [5.74, 6) is 0.240. The average Bonchev–Trinajstić information content (AvgIpc) is 3.14. The number of benzene rings is 1. The number of aliphatic hydroxyl groups is 1. The first kappa shape index (κ1) is 17.1. The van der Waals surface area contributed by atoms with Crippen LogP contribution in [0.3, 0.4) is 0 Å². The van der Waals surface area contributed by atoms with Crippen molar-refractivity contribution >= 4 is 17.2 Å². The maximum Gasteiger partial charge on any atom is 0.222 e. The standard InChI is InChI=1S/C19H24N2O2S/c22-18(17-4-2-1-3-5-17)14-20-9-11-21(12-10-20)19(23)7-6-16-8-13-24-15-16/h1-5,8,13,15,18,22H,6-7,9-12,14H2/t18-/m0/s1. The van der Waals surface area contributed by atoms with Gasteiger partial charge in [-0.3, -0.25) is 9.69 Å². The van der Waals surface area contributed by atoms with Crippen molar-refractivity contribution in [2.45, 2.75) is 18.9 Å². The summed E-state index contributed by atoms with van der Waals surface area (Å²) >= 11 is 1.68. The SMILES string of the molecule is O=C(CCc1ccsc1)N1CCN(C[C@H](O)c2ccccc2)CC1. The van der Waals surface area contributed by atoms with Crippen LogP contribution < -0.4 is 0 Å². The topological polar surface area (TPSA) is 43.8 Å². The number of aliphatic hydroxyl groups excluding tert-OH is 1. The van der Waals surface area contributed by atoms with Gasteiger partial charge in [-0.25, -0.2) is 0 Å². The van der Waals surface area contributed by atoms with E-state index in [0.29, 0.717) is 13.0 Å². The van der Waals surface area contributed by atoms with Gasteiger partial charge >= 0.3 is 0 Å². The zero-order valence-electron chi connectivity index (χ0n) is 13.8. The third-order valence-corrected chi connectivity index (χ3v) is 5.28. The van der Waals surface area contributed by atoms with Crippen LogP contribution in [0.5, 0.6) is 0 Å². The number of carbonyl (C=O) groups is 1. The molecule has 3 rings (SSSR count). The van der Waals surface area contributed by atoms with E-state index in [1.807, 2.05) is 35.2 Å². The Bertz CT molecular complexity index is 622. The number of nitrogens with zero attached hydrogens (tertiary/aromatic N) is 2. The summed E-state index contributed by atoms with van der Waals surface area (Å²) in [6.45, 7) is 3.79. The lowest BCUT2D eigenvalue weighted by molar-refractivity contribution is -0.133. The van der Waals surface area contributed by atoms with E-state index in [2.05, 4.69) is 21.7 Å². The molecule has 1 atom stereocenters. The van der Waals surface area contributed by atoms with Gasteiger partial charge in [-0.2, -0.15) is 11.3 Å². The summed E-state index contributed by atoms with van der Waals surface area (Å²) in [7, 11) is 0. The van der Waals surface area contributed by atoms with Gasteiger partial charge in [0.25, 0.3) is 0 Å². The van der Waals surface area contributed by atoms with Crippen molar-refractivity contribution in [3.05, 3.63) is 58.3 Å². The molecule has 1 aromatic carbocycles. The highest BCUT2D eigenvalue weighted by atomic mass is 32.1. The highest BCUT2D eigenvalue weighted by molar-refractivity contribution is 7.07. The van der Waals surface area contributed by atoms with E-state index in [0.717, 1.165) is 38.2 Å². The molecule has 4 nitrogen and oxygen atoms in total. The minimum atomic E-state index is -0.466. The number of aryl methyl sites for hydroxylation is 1. The molecular weight excluding hydrogens is 320 g/mol. The molecule has 0 bridgehead atoms. The molecule has 24 heavy (non-hydrogen) atoms. The fraction of sp³-hybridized carbons (Fsp3) is 0.421. The maximum atomic E-state index is 12.3. The van der Waals surface area contributed by atoms with E-state index < -0.39 is 6.10 Å². The predicted molar refractivity (Wildman–Crippen MR) is 97.1 cm³/mol. The Morgan fingerprint density at radius 1 is 1.12 bits per heavy atom. The number of hydrogen-bond donors (Lipinski definition) is 1. The first-order valence-electron chi connectivity index (χ1n) is 8.46. The van der Waals surface area contributed by atoms with Crippen LogP contribution in [-0.4, -0.2) is 53.5 Å². The molecule has 0 saturated carbocycles. The van der Waals surface area contributed by atoms with Gasteiger partial charge in [-0.05, 0) is 34.4 Å². The van der Waals surface area contributed by atoms with Crippen LogP contribution in [0, 0.1) is 0 Å². The molecule has 1 aromatic heterocycles. The number of hydrogen-bond acceptors (Lipinski definition) is 4. The Labute approximate surface area is 147 Å². The fourth-order valence-electron chi connectivity index (χ4n) is 3.05. The lowest BCUT2D eigenvalue weighted by Crippen LogP contribution is -2.49. The lowest BCUT2D eigenvalue weighted by Gasteiger charge is -2.35. The minimum absolute atomic E-state index is 0.240. The Hall–Kier alpha value is -1.69. The van der Waals surface area contributed by atoms with E-state index in [-0.39, 0.29) is 5.91 Å². The highest BCUT2D eigenvalue weighted by Crippen LogP contribution is 2.16. The molecule has 1 fully saturated rings. The second kappa shape index (κ2) is 8.42. The van der Waals surface area contributed by atoms with Crippen molar-refractivity contribution < 1.29 is 9.90 Å². The molecule has 1 aliphatic heterocycles. The van der Waals surface area contributed by atoms with Gasteiger partial charge in [0.05, 0.1) is 6.10 Å². The van der Waals surface area contributed by atoms with E-state index in [9.17, 15) is 9.90 Å². The summed E-state index contributed by atoms with van der Waals surface area (Å²) < 4.78 is 0. The molecule has 1 saturated heterocycles. The van der Waals surface area contributed by atoms with Crippen LogP contribution >= 0.6 is 11.3 Å². The van der Waals surface area contributed by atoms with Crippen LogP contribution in [0.15, 0.2) is 47.2 Å². The Balaban J connectivity index is 1.41. The van der Waals surface area contributed by atoms with E-state index >= 15 is 0 Å². The zero-order valence-corrected chi connectivity index (χ0v) is 14.6. The van der Waals surface area contributed by atoms with E-state index in [4.69, 9.17) is 0 Å². The van der Waals surface area contributed by atoms with Crippen LogP contribution in [-0.2, 0) is 11.2 Å². The second-order valence-corrected chi connectivity index (χ2v) is 7.02. The van der Waals surface area contributed by atoms with Gasteiger partial charge in [0.1, 0.15) is 0 Å². The number of amides is 1. The van der Waals surface area contributed by atoms with Gasteiger partial charge in [0.15, 0.2) is 0 Å². The maximum absolute atomic E-state index is 12.3. The number of piperazine rings is 1. The summed E-state index contributed by atoms with van der Waals surface area (Å²) in [6.07, 6.45) is 0.950. The normalized spacial score (nSPS) is 17.0. The number of carbonyl (C=O) groups excluding carboxylic acids is 1. The largest absolute Gasteiger partial charge is 0.387 e. The monoisotopic (exact) mass is 344 g/mol. The smallest absolute Gasteiger partial charge is 0.222 e. The number of rotatable bonds is 6. The van der Waals surface area contributed by atoms with Crippen LogP contribution in [0.2, 0.25) is 0 Å².